The normalized spacial score (nSPS) is 10.8. The molecule has 0 spiro atoms. The molecule has 0 aliphatic carbocycles. The number of ketones is 1. The molecule has 0 aliphatic heterocycles. The number of rotatable bonds is 14. The maximum absolute atomic E-state index is 10.6. The number of Topliss-reactive ketones (excluding diaryl/α,β-unsaturated/α-hetero) is 1. The van der Waals surface area contributed by atoms with Crippen molar-refractivity contribution in [2.75, 3.05) is 0 Å². The monoisotopic (exact) mass is 255 g/mol. The Morgan fingerprint density at radius 2 is 1.00 bits per heavy atom. The standard InChI is InChI=1S/C17H33O/c1-3-4-5-6-7-8-9-10-11-12-13-14-15-16-17(2)18/h2-16H2,1H3/i2+2. The Morgan fingerprint density at radius 1 is 0.667 bits per heavy atom. The summed E-state index contributed by atoms with van der Waals surface area (Å²) in [5.41, 5.74) is 0. The summed E-state index contributed by atoms with van der Waals surface area (Å²) in [6, 6.07) is 0. The molecule has 0 aromatic heterocycles. The van der Waals surface area contributed by atoms with Crippen LogP contribution >= 0.6 is 0 Å². The van der Waals surface area contributed by atoms with Crippen molar-refractivity contribution in [3.63, 3.8) is 0 Å². The van der Waals surface area contributed by atoms with Gasteiger partial charge in [0, 0.05) is 13.3 Å². The number of carbonyl (C=O) groups excluding carboxylic acids is 1. The zero-order valence-corrected chi connectivity index (χ0v) is 12.5. The fourth-order valence-corrected chi connectivity index (χ4v) is 2.34. The van der Waals surface area contributed by atoms with E-state index in [9.17, 15) is 4.79 Å². The minimum Gasteiger partial charge on any atom is -0.300 e. The van der Waals surface area contributed by atoms with E-state index in [4.69, 9.17) is 0 Å². The summed E-state index contributed by atoms with van der Waals surface area (Å²) in [5, 5.41) is 0. The van der Waals surface area contributed by atoms with Gasteiger partial charge in [0.15, 0.2) is 0 Å². The second kappa shape index (κ2) is 14.7. The maximum Gasteiger partial charge on any atom is 0.133 e. The second-order valence-corrected chi connectivity index (χ2v) is 5.53. The van der Waals surface area contributed by atoms with Crippen LogP contribution in [0.2, 0.25) is 0 Å². The molecule has 0 saturated heterocycles. The van der Waals surface area contributed by atoms with Crippen molar-refractivity contribution in [3.8, 4) is 0 Å². The van der Waals surface area contributed by atoms with Crippen molar-refractivity contribution >= 4 is 5.78 Å². The van der Waals surface area contributed by atoms with Gasteiger partial charge in [0.1, 0.15) is 5.78 Å². The number of hydrogen-bond acceptors (Lipinski definition) is 1. The van der Waals surface area contributed by atoms with Crippen molar-refractivity contribution in [2.24, 2.45) is 0 Å². The molecule has 1 radical (unpaired) electrons. The summed E-state index contributed by atoms with van der Waals surface area (Å²) < 4.78 is 0. The highest BCUT2D eigenvalue weighted by molar-refractivity contribution is 5.82. The summed E-state index contributed by atoms with van der Waals surface area (Å²) in [6.45, 7) is 5.66. The third kappa shape index (κ3) is 15.7. The Labute approximate surface area is 115 Å². The smallest absolute Gasteiger partial charge is 0.133 e. The van der Waals surface area contributed by atoms with E-state index in [-0.39, 0.29) is 5.78 Å². The molecular formula is C17H33O. The highest BCUT2D eigenvalue weighted by Gasteiger charge is 1.95. The quantitative estimate of drug-likeness (QED) is 0.355. The van der Waals surface area contributed by atoms with Crippen molar-refractivity contribution in [2.45, 2.75) is 96.8 Å². The van der Waals surface area contributed by atoms with Crippen LogP contribution < -0.4 is 0 Å². The zero-order valence-electron chi connectivity index (χ0n) is 12.5. The fourth-order valence-electron chi connectivity index (χ4n) is 2.34. The zero-order chi connectivity index (χ0) is 13.5. The lowest BCUT2D eigenvalue weighted by molar-refractivity contribution is -0.114. The van der Waals surface area contributed by atoms with Crippen LogP contribution in [0.15, 0.2) is 0 Å². The largest absolute Gasteiger partial charge is 0.300 e. The average molecular weight is 255 g/mol. The van der Waals surface area contributed by atoms with Gasteiger partial charge in [0.25, 0.3) is 0 Å². The molecule has 1 nitrogen and oxygen atoms in total. The average Bonchev–Trinajstić information content (AvgIpc) is 2.34. The molecule has 0 aliphatic rings. The van der Waals surface area contributed by atoms with Crippen LogP contribution in [0, 0.1) is 6.92 Å². The Kier molecular flexibility index (Phi) is 14.5. The molecule has 0 fully saturated rings. The van der Waals surface area contributed by atoms with Crippen LogP contribution in [-0.2, 0) is 4.79 Å². The predicted octanol–water partition coefficient (Wildman–Crippen LogP) is 5.87. The summed E-state index contributed by atoms with van der Waals surface area (Å²) in [6.07, 6.45) is 18.3. The minimum atomic E-state index is 0.0954. The van der Waals surface area contributed by atoms with Crippen LogP contribution in [0.4, 0.5) is 0 Å². The van der Waals surface area contributed by atoms with E-state index in [0.29, 0.717) is 6.42 Å². The molecule has 0 saturated carbocycles. The Bertz CT molecular complexity index is 174. The van der Waals surface area contributed by atoms with Crippen molar-refractivity contribution < 1.29 is 4.79 Å². The van der Waals surface area contributed by atoms with Gasteiger partial charge in [-0.25, -0.2) is 0 Å². The third-order valence-corrected chi connectivity index (χ3v) is 3.56. The van der Waals surface area contributed by atoms with Crippen molar-refractivity contribution in [1.82, 2.24) is 0 Å². The molecule has 0 heterocycles. The minimum absolute atomic E-state index is 0.0954. The summed E-state index contributed by atoms with van der Waals surface area (Å²) in [4.78, 5) is 10.6. The molecule has 0 unspecified atom stereocenters. The summed E-state index contributed by atoms with van der Waals surface area (Å²) in [5.74, 6) is 0.0954. The van der Waals surface area contributed by atoms with E-state index in [1.54, 1.807) is 0 Å². The first-order valence-corrected chi connectivity index (χ1v) is 8.12. The highest BCUT2D eigenvalue weighted by atomic mass is 16.1. The van der Waals surface area contributed by atoms with Gasteiger partial charge in [-0.15, -0.1) is 0 Å². The van der Waals surface area contributed by atoms with Gasteiger partial charge in [-0.3, -0.25) is 4.79 Å². The van der Waals surface area contributed by atoms with Gasteiger partial charge in [0.2, 0.25) is 0 Å². The van der Waals surface area contributed by atoms with E-state index in [1.165, 1.54) is 77.0 Å². The molecule has 0 bridgehead atoms. The number of carbonyl (C=O) groups is 1. The van der Waals surface area contributed by atoms with E-state index < -0.39 is 0 Å². The maximum atomic E-state index is 10.6. The molecule has 0 rings (SSSR count). The van der Waals surface area contributed by atoms with Crippen LogP contribution in [-0.4, -0.2) is 5.78 Å². The third-order valence-electron chi connectivity index (χ3n) is 3.56. The van der Waals surface area contributed by atoms with Gasteiger partial charge in [0.05, 0.1) is 0 Å². The van der Waals surface area contributed by atoms with Gasteiger partial charge >= 0.3 is 0 Å². The van der Waals surface area contributed by atoms with E-state index in [0.717, 1.165) is 6.42 Å². The van der Waals surface area contributed by atoms with Gasteiger partial charge in [-0.05, 0) is 6.42 Å². The first-order valence-electron chi connectivity index (χ1n) is 8.12. The SMILES string of the molecule is CCCCCCCCCCCCCCCC([14CH2])=O. The van der Waals surface area contributed by atoms with Crippen LogP contribution in [0.5, 0.6) is 0 Å². The lowest BCUT2D eigenvalue weighted by Crippen LogP contribution is -1.89. The highest BCUT2D eigenvalue weighted by Crippen LogP contribution is 2.12. The van der Waals surface area contributed by atoms with E-state index >= 15 is 0 Å². The van der Waals surface area contributed by atoms with Crippen LogP contribution in [0.3, 0.4) is 0 Å². The topological polar surface area (TPSA) is 17.1 Å². The Hall–Kier alpha value is -0.330. The molecule has 0 N–H and O–H groups in total. The molecule has 0 aromatic carbocycles. The molecular weight excluding hydrogens is 222 g/mol. The lowest BCUT2D eigenvalue weighted by atomic mass is 10.0. The first kappa shape index (κ1) is 17.7. The predicted molar refractivity (Wildman–Crippen MR) is 80.7 cm³/mol. The lowest BCUT2D eigenvalue weighted by Gasteiger charge is -2.02. The Morgan fingerprint density at radius 3 is 1.33 bits per heavy atom. The fraction of sp³-hybridized carbons (Fsp3) is 0.882. The van der Waals surface area contributed by atoms with E-state index in [2.05, 4.69) is 13.8 Å². The second-order valence-electron chi connectivity index (χ2n) is 5.53. The first-order chi connectivity index (χ1) is 8.77. The summed E-state index contributed by atoms with van der Waals surface area (Å²) >= 11 is 0. The van der Waals surface area contributed by atoms with Gasteiger partial charge in [-0.2, -0.15) is 0 Å². The van der Waals surface area contributed by atoms with E-state index in [1.807, 2.05) is 0 Å². The van der Waals surface area contributed by atoms with Crippen molar-refractivity contribution in [1.29, 1.82) is 0 Å². The van der Waals surface area contributed by atoms with Gasteiger partial charge < -0.3 is 0 Å². The van der Waals surface area contributed by atoms with Crippen LogP contribution in [0.25, 0.3) is 0 Å². The molecule has 18 heavy (non-hydrogen) atoms. The molecule has 107 valence electrons. The van der Waals surface area contributed by atoms with Crippen molar-refractivity contribution in [3.05, 3.63) is 6.92 Å². The van der Waals surface area contributed by atoms with Crippen LogP contribution in [0.1, 0.15) is 96.8 Å². The Balaban J connectivity index is 2.92. The summed E-state index contributed by atoms with van der Waals surface area (Å²) in [7, 11) is 0. The number of hydrogen-bond donors (Lipinski definition) is 0. The number of unbranched alkanes of at least 4 members (excludes halogenated alkanes) is 12. The van der Waals surface area contributed by atoms with Gasteiger partial charge in [-0.1, -0.05) is 84.0 Å². The molecule has 0 aromatic rings. The molecule has 0 amide bonds. The molecule has 1 heteroatoms. The molecule has 0 atom stereocenters.